The third-order valence-electron chi connectivity index (χ3n) is 2.66. The Labute approximate surface area is 104 Å². The molecule has 1 unspecified atom stereocenters. The molecule has 0 rings (SSSR count). The molecule has 0 aromatic heterocycles. The van der Waals surface area contributed by atoms with Crippen LogP contribution in [0.4, 0.5) is 0 Å². The number of nitrogens with zero attached hydrogens (tertiary/aromatic N) is 1. The highest BCUT2D eigenvalue weighted by atomic mass is 16.5. The van der Waals surface area contributed by atoms with E-state index >= 15 is 0 Å². The second-order valence-electron chi connectivity index (χ2n) is 4.09. The van der Waals surface area contributed by atoms with Gasteiger partial charge in [0, 0.05) is 46.4 Å². The summed E-state index contributed by atoms with van der Waals surface area (Å²) in [5.41, 5.74) is 5.79. The number of hydrogen-bond donors (Lipinski definition) is 1. The van der Waals surface area contributed by atoms with Gasteiger partial charge in [0.2, 0.25) is 5.91 Å². The standard InChI is InChI=1S/C12H26N2O3/c1-4-11(13)10-12(15)14(7-9-17-3)6-5-8-16-2/h11H,4-10,13H2,1-3H3. The molecule has 0 saturated heterocycles. The Balaban J connectivity index is 4.09. The van der Waals surface area contributed by atoms with Crippen molar-refractivity contribution in [2.45, 2.75) is 32.2 Å². The molecular weight excluding hydrogens is 220 g/mol. The number of amides is 1. The SMILES string of the molecule is CCC(N)CC(=O)N(CCCOC)CCOC. The van der Waals surface area contributed by atoms with E-state index in [9.17, 15) is 4.79 Å². The summed E-state index contributed by atoms with van der Waals surface area (Å²) in [5.74, 6) is 0.104. The normalized spacial score (nSPS) is 12.5. The van der Waals surface area contributed by atoms with Crippen LogP contribution in [-0.2, 0) is 14.3 Å². The number of rotatable bonds is 10. The fourth-order valence-corrected chi connectivity index (χ4v) is 1.46. The summed E-state index contributed by atoms with van der Waals surface area (Å²) in [6.45, 7) is 4.53. The number of hydrogen-bond acceptors (Lipinski definition) is 4. The van der Waals surface area contributed by atoms with Crippen molar-refractivity contribution in [3.63, 3.8) is 0 Å². The highest BCUT2D eigenvalue weighted by Gasteiger charge is 2.15. The molecule has 1 atom stereocenters. The third-order valence-corrected chi connectivity index (χ3v) is 2.66. The lowest BCUT2D eigenvalue weighted by Gasteiger charge is -2.23. The van der Waals surface area contributed by atoms with E-state index in [0.717, 1.165) is 12.8 Å². The fraction of sp³-hybridized carbons (Fsp3) is 0.917. The van der Waals surface area contributed by atoms with Gasteiger partial charge < -0.3 is 20.1 Å². The number of nitrogens with two attached hydrogens (primary N) is 1. The van der Waals surface area contributed by atoms with Gasteiger partial charge in [-0.3, -0.25) is 4.79 Å². The molecule has 0 aliphatic carbocycles. The third kappa shape index (κ3) is 8.12. The Hall–Kier alpha value is -0.650. The van der Waals surface area contributed by atoms with E-state index in [4.69, 9.17) is 15.2 Å². The lowest BCUT2D eigenvalue weighted by Crippen LogP contribution is -2.38. The van der Waals surface area contributed by atoms with Crippen LogP contribution in [0.5, 0.6) is 0 Å². The molecule has 0 heterocycles. The van der Waals surface area contributed by atoms with Crippen molar-refractivity contribution < 1.29 is 14.3 Å². The molecule has 0 spiro atoms. The Morgan fingerprint density at radius 2 is 1.88 bits per heavy atom. The van der Waals surface area contributed by atoms with Crippen LogP contribution in [-0.4, -0.2) is 57.4 Å². The van der Waals surface area contributed by atoms with Crippen LogP contribution in [0, 0.1) is 0 Å². The Morgan fingerprint density at radius 1 is 1.24 bits per heavy atom. The Kier molecular flexibility index (Phi) is 10.1. The molecule has 0 fully saturated rings. The maximum Gasteiger partial charge on any atom is 0.224 e. The van der Waals surface area contributed by atoms with Gasteiger partial charge in [0.1, 0.15) is 0 Å². The van der Waals surface area contributed by atoms with Gasteiger partial charge in [-0.15, -0.1) is 0 Å². The zero-order chi connectivity index (χ0) is 13.1. The molecule has 0 radical (unpaired) electrons. The minimum atomic E-state index is -0.0463. The summed E-state index contributed by atoms with van der Waals surface area (Å²) in [4.78, 5) is 13.8. The van der Waals surface area contributed by atoms with E-state index in [2.05, 4.69) is 0 Å². The van der Waals surface area contributed by atoms with Crippen LogP contribution in [0.1, 0.15) is 26.2 Å². The van der Waals surface area contributed by atoms with Crippen molar-refractivity contribution in [2.24, 2.45) is 5.73 Å². The topological polar surface area (TPSA) is 64.8 Å². The predicted octanol–water partition coefficient (Wildman–Crippen LogP) is 0.625. The first-order valence-corrected chi connectivity index (χ1v) is 6.16. The minimum Gasteiger partial charge on any atom is -0.385 e. The van der Waals surface area contributed by atoms with Gasteiger partial charge in [-0.1, -0.05) is 6.92 Å². The second kappa shape index (κ2) is 10.5. The van der Waals surface area contributed by atoms with Crippen molar-refractivity contribution in [2.75, 3.05) is 40.5 Å². The van der Waals surface area contributed by atoms with Crippen molar-refractivity contribution in [1.29, 1.82) is 0 Å². The monoisotopic (exact) mass is 246 g/mol. The first-order chi connectivity index (χ1) is 8.15. The minimum absolute atomic E-state index is 0.0463. The van der Waals surface area contributed by atoms with E-state index in [1.807, 2.05) is 6.92 Å². The predicted molar refractivity (Wildman–Crippen MR) is 67.8 cm³/mol. The van der Waals surface area contributed by atoms with Crippen LogP contribution >= 0.6 is 0 Å². The Morgan fingerprint density at radius 3 is 2.41 bits per heavy atom. The van der Waals surface area contributed by atoms with Crippen LogP contribution < -0.4 is 5.73 Å². The van der Waals surface area contributed by atoms with E-state index in [1.165, 1.54) is 0 Å². The van der Waals surface area contributed by atoms with Gasteiger partial charge in [0.25, 0.3) is 0 Å². The summed E-state index contributed by atoms with van der Waals surface area (Å²) >= 11 is 0. The van der Waals surface area contributed by atoms with Crippen molar-refractivity contribution in [3.05, 3.63) is 0 Å². The van der Waals surface area contributed by atoms with Gasteiger partial charge in [-0.2, -0.15) is 0 Å². The second-order valence-corrected chi connectivity index (χ2v) is 4.09. The van der Waals surface area contributed by atoms with Crippen LogP contribution in [0.25, 0.3) is 0 Å². The molecule has 1 amide bonds. The van der Waals surface area contributed by atoms with E-state index in [1.54, 1.807) is 19.1 Å². The molecule has 0 bridgehead atoms. The maximum absolute atomic E-state index is 12.0. The molecule has 5 nitrogen and oxygen atoms in total. The average molecular weight is 246 g/mol. The van der Waals surface area contributed by atoms with E-state index in [-0.39, 0.29) is 11.9 Å². The number of carbonyl (C=O) groups excluding carboxylic acids is 1. The summed E-state index contributed by atoms with van der Waals surface area (Å²) in [5, 5.41) is 0. The van der Waals surface area contributed by atoms with Gasteiger partial charge >= 0.3 is 0 Å². The molecular formula is C12H26N2O3. The van der Waals surface area contributed by atoms with E-state index in [0.29, 0.717) is 32.7 Å². The van der Waals surface area contributed by atoms with E-state index < -0.39 is 0 Å². The summed E-state index contributed by atoms with van der Waals surface area (Å²) in [7, 11) is 3.30. The molecule has 5 heteroatoms. The molecule has 0 aromatic rings. The van der Waals surface area contributed by atoms with Gasteiger partial charge in [-0.25, -0.2) is 0 Å². The summed E-state index contributed by atoms with van der Waals surface area (Å²) in [6.07, 6.45) is 2.07. The highest BCUT2D eigenvalue weighted by molar-refractivity contribution is 5.76. The largest absolute Gasteiger partial charge is 0.385 e. The fourth-order valence-electron chi connectivity index (χ4n) is 1.46. The first-order valence-electron chi connectivity index (χ1n) is 6.16. The van der Waals surface area contributed by atoms with Crippen LogP contribution in [0.2, 0.25) is 0 Å². The molecule has 0 aromatic carbocycles. The molecule has 102 valence electrons. The molecule has 17 heavy (non-hydrogen) atoms. The first kappa shape index (κ1) is 16.4. The molecule has 0 aliphatic heterocycles. The van der Waals surface area contributed by atoms with Crippen LogP contribution in [0.3, 0.4) is 0 Å². The van der Waals surface area contributed by atoms with Crippen molar-refractivity contribution >= 4 is 5.91 Å². The van der Waals surface area contributed by atoms with Gasteiger partial charge in [0.05, 0.1) is 6.61 Å². The Bertz CT molecular complexity index is 200. The van der Waals surface area contributed by atoms with Gasteiger partial charge in [-0.05, 0) is 12.8 Å². The quantitative estimate of drug-likeness (QED) is 0.574. The van der Waals surface area contributed by atoms with Crippen molar-refractivity contribution in [3.8, 4) is 0 Å². The number of carbonyl (C=O) groups is 1. The number of ether oxygens (including phenoxy) is 2. The maximum atomic E-state index is 12.0. The van der Waals surface area contributed by atoms with Gasteiger partial charge in [0.15, 0.2) is 0 Å². The zero-order valence-corrected chi connectivity index (χ0v) is 11.3. The summed E-state index contributed by atoms with van der Waals surface area (Å²) in [6, 6.07) is -0.0463. The summed E-state index contributed by atoms with van der Waals surface area (Å²) < 4.78 is 9.99. The highest BCUT2D eigenvalue weighted by Crippen LogP contribution is 2.02. The zero-order valence-electron chi connectivity index (χ0n) is 11.3. The molecule has 2 N–H and O–H groups in total. The average Bonchev–Trinajstić information content (AvgIpc) is 2.33. The van der Waals surface area contributed by atoms with Crippen LogP contribution in [0.15, 0.2) is 0 Å². The smallest absolute Gasteiger partial charge is 0.224 e. The number of methoxy groups -OCH3 is 2. The lowest BCUT2D eigenvalue weighted by atomic mass is 10.1. The molecule has 0 saturated carbocycles. The molecule has 0 aliphatic rings. The van der Waals surface area contributed by atoms with Crippen molar-refractivity contribution in [1.82, 2.24) is 4.90 Å². The lowest BCUT2D eigenvalue weighted by molar-refractivity contribution is -0.132.